The van der Waals surface area contributed by atoms with Gasteiger partial charge in [-0.15, -0.1) is 0 Å². The maximum atomic E-state index is 13.2. The molecule has 1 fully saturated rings. The van der Waals surface area contributed by atoms with Gasteiger partial charge in [-0.1, -0.05) is 6.92 Å². The van der Waals surface area contributed by atoms with Crippen LogP contribution in [0.25, 0.3) is 0 Å². The molecule has 2 N–H and O–H groups in total. The maximum absolute atomic E-state index is 13.2. The van der Waals surface area contributed by atoms with Gasteiger partial charge in [-0.3, -0.25) is 15.0 Å². The van der Waals surface area contributed by atoms with Crippen LogP contribution in [0.4, 0.5) is 8.78 Å². The molecule has 10 heteroatoms. The Morgan fingerprint density at radius 3 is 2.89 bits per heavy atom. The van der Waals surface area contributed by atoms with Gasteiger partial charge in [0.25, 0.3) is 12.3 Å². The summed E-state index contributed by atoms with van der Waals surface area (Å²) in [5.41, 5.74) is 0.573. The Hall–Kier alpha value is -3.04. The van der Waals surface area contributed by atoms with Crippen molar-refractivity contribution in [3.8, 4) is 5.88 Å². The molecule has 3 rings (SSSR count). The summed E-state index contributed by atoms with van der Waals surface area (Å²) in [6, 6.07) is 4.59. The number of nitrogens with one attached hydrogen (secondary N) is 2. The van der Waals surface area contributed by atoms with E-state index in [0.717, 1.165) is 6.42 Å². The monoisotopic (exact) mass is 392 g/mol. The van der Waals surface area contributed by atoms with E-state index in [2.05, 4.69) is 25.4 Å². The third-order valence-electron chi connectivity index (χ3n) is 4.87. The number of H-pyrrole nitrogens is 2. The van der Waals surface area contributed by atoms with Crippen molar-refractivity contribution in [1.29, 1.82) is 0 Å². The van der Waals surface area contributed by atoms with Crippen molar-refractivity contribution >= 4 is 5.91 Å². The Bertz CT molecular complexity index is 850. The zero-order valence-corrected chi connectivity index (χ0v) is 15.6. The average Bonchev–Trinajstić information content (AvgIpc) is 2.68. The minimum absolute atomic E-state index is 0.161. The van der Waals surface area contributed by atoms with Crippen molar-refractivity contribution in [3.05, 3.63) is 47.7 Å². The lowest BCUT2D eigenvalue weighted by Gasteiger charge is -2.37. The molecule has 1 amide bonds. The Labute approximate surface area is 160 Å². The summed E-state index contributed by atoms with van der Waals surface area (Å²) in [5.74, 6) is 0.267. The van der Waals surface area contributed by atoms with E-state index in [0.29, 0.717) is 30.2 Å². The highest BCUT2D eigenvalue weighted by molar-refractivity contribution is 5.94. The number of aromatic nitrogens is 5. The molecular weight excluding hydrogens is 370 g/mol. The van der Waals surface area contributed by atoms with Gasteiger partial charge in [-0.2, -0.15) is 10.2 Å². The van der Waals surface area contributed by atoms with Crippen LogP contribution < -0.4 is 4.74 Å². The summed E-state index contributed by atoms with van der Waals surface area (Å²) in [6.07, 6.45) is 0.688. The van der Waals surface area contributed by atoms with Gasteiger partial charge in [0, 0.05) is 37.0 Å². The van der Waals surface area contributed by atoms with Crippen LogP contribution in [-0.2, 0) is 0 Å². The molecule has 3 heterocycles. The largest absolute Gasteiger partial charge is 0.481 e. The zero-order valence-electron chi connectivity index (χ0n) is 15.6. The first-order valence-electron chi connectivity index (χ1n) is 8.89. The van der Waals surface area contributed by atoms with Crippen LogP contribution in [0.15, 0.2) is 30.7 Å². The van der Waals surface area contributed by atoms with Gasteiger partial charge >= 0.3 is 0 Å². The first kappa shape index (κ1) is 19.7. The SMILES string of the molecule is COc1ccc(C(=O)N2CC[C@@H](C)[C@H](c3cc(C(F)F)n[nH]cn[nH]3)C2)cn1. The van der Waals surface area contributed by atoms with E-state index in [4.69, 9.17) is 4.74 Å². The Balaban J connectivity index is 1.85. The molecule has 2 aromatic rings. The Morgan fingerprint density at radius 2 is 2.21 bits per heavy atom. The number of ether oxygens (including phenoxy) is 1. The number of amides is 1. The number of carbonyl (C=O) groups is 1. The number of aromatic amines is 2. The first-order valence-corrected chi connectivity index (χ1v) is 8.89. The van der Waals surface area contributed by atoms with Crippen molar-refractivity contribution in [2.45, 2.75) is 25.7 Å². The fourth-order valence-electron chi connectivity index (χ4n) is 3.23. The number of rotatable bonds is 4. The standard InChI is InChI=1S/C18H22F2N6O2/c1-11-5-6-26(18(27)12-3-4-16(28-2)21-8-12)9-13(11)14-7-15(17(19)20)25-23-10-22-24-14/h3-4,7-8,10-11,13,17,24H,5-6,9H2,1-2H3,(H,22,23)/t11-,13-/m1/s1. The molecule has 2 atom stereocenters. The van der Waals surface area contributed by atoms with Crippen LogP contribution in [0.3, 0.4) is 0 Å². The molecule has 150 valence electrons. The fourth-order valence-corrected chi connectivity index (χ4v) is 3.23. The van der Waals surface area contributed by atoms with Crippen LogP contribution in [0, 0.1) is 5.92 Å². The minimum Gasteiger partial charge on any atom is -0.481 e. The second kappa shape index (κ2) is 8.77. The van der Waals surface area contributed by atoms with Crippen LogP contribution in [0.1, 0.15) is 47.4 Å². The summed E-state index contributed by atoms with van der Waals surface area (Å²) >= 11 is 0. The van der Waals surface area contributed by atoms with E-state index in [-0.39, 0.29) is 23.4 Å². The summed E-state index contributed by atoms with van der Waals surface area (Å²) in [7, 11) is 1.51. The molecule has 0 aliphatic carbocycles. The minimum atomic E-state index is -2.72. The highest BCUT2D eigenvalue weighted by Crippen LogP contribution is 2.32. The number of likely N-dealkylation sites (tertiary alicyclic amines) is 1. The number of piperidine rings is 1. The summed E-state index contributed by atoms with van der Waals surface area (Å²) < 4.78 is 31.4. The molecule has 28 heavy (non-hydrogen) atoms. The number of hydrogen-bond donors (Lipinski definition) is 2. The predicted molar refractivity (Wildman–Crippen MR) is 96.5 cm³/mol. The van der Waals surface area contributed by atoms with E-state index < -0.39 is 6.43 Å². The third-order valence-corrected chi connectivity index (χ3v) is 4.87. The van der Waals surface area contributed by atoms with E-state index in [9.17, 15) is 13.6 Å². The topological polar surface area (TPSA) is 99.8 Å². The normalized spacial score (nSPS) is 19.4. The second-order valence-corrected chi connectivity index (χ2v) is 6.65. The van der Waals surface area contributed by atoms with Gasteiger partial charge in [-0.25, -0.2) is 13.8 Å². The summed E-state index contributed by atoms with van der Waals surface area (Å²) in [4.78, 5) is 18.6. The maximum Gasteiger partial charge on any atom is 0.282 e. The van der Waals surface area contributed by atoms with Crippen molar-refractivity contribution in [1.82, 2.24) is 30.3 Å². The fraction of sp³-hybridized carbons (Fsp3) is 0.444. The van der Waals surface area contributed by atoms with E-state index in [1.54, 1.807) is 17.0 Å². The quantitative estimate of drug-likeness (QED) is 0.833. The summed E-state index contributed by atoms with van der Waals surface area (Å²) in [5, 5.41) is 12.7. The average molecular weight is 392 g/mol. The van der Waals surface area contributed by atoms with Gasteiger partial charge in [0.15, 0.2) is 0 Å². The molecule has 1 aliphatic rings. The van der Waals surface area contributed by atoms with Gasteiger partial charge in [0.05, 0.1) is 12.7 Å². The molecular formula is C18H22F2N6O2. The first-order chi connectivity index (χ1) is 13.5. The smallest absolute Gasteiger partial charge is 0.282 e. The molecule has 0 unspecified atom stereocenters. The molecule has 1 aliphatic heterocycles. The van der Waals surface area contributed by atoms with Gasteiger partial charge < -0.3 is 9.64 Å². The van der Waals surface area contributed by atoms with Gasteiger partial charge in [0.1, 0.15) is 12.0 Å². The number of methoxy groups -OCH3 is 1. The number of carbonyl (C=O) groups excluding carboxylic acids is 1. The third kappa shape index (κ3) is 4.44. The number of alkyl halides is 2. The number of nitrogens with zero attached hydrogens (tertiary/aromatic N) is 4. The van der Waals surface area contributed by atoms with Crippen LogP contribution >= 0.6 is 0 Å². The van der Waals surface area contributed by atoms with Crippen molar-refractivity contribution in [2.24, 2.45) is 5.92 Å². The van der Waals surface area contributed by atoms with E-state index >= 15 is 0 Å². The molecule has 0 spiro atoms. The highest BCUT2D eigenvalue weighted by atomic mass is 19.3. The summed E-state index contributed by atoms with van der Waals surface area (Å²) in [6.45, 7) is 2.99. The zero-order chi connectivity index (χ0) is 20.1. The van der Waals surface area contributed by atoms with Crippen LogP contribution in [-0.4, -0.2) is 56.4 Å². The lowest BCUT2D eigenvalue weighted by Crippen LogP contribution is -2.42. The van der Waals surface area contributed by atoms with Crippen molar-refractivity contribution in [2.75, 3.05) is 20.2 Å². The lowest BCUT2D eigenvalue weighted by atomic mass is 9.84. The number of halogens is 2. The lowest BCUT2D eigenvalue weighted by molar-refractivity contribution is 0.0665. The molecule has 0 aromatic carbocycles. The number of pyridine rings is 1. The Kier molecular flexibility index (Phi) is 6.17. The molecule has 0 bridgehead atoms. The molecule has 0 radical (unpaired) electrons. The Morgan fingerprint density at radius 1 is 1.39 bits per heavy atom. The number of hydrogen-bond acceptors (Lipinski definition) is 5. The molecule has 8 nitrogen and oxygen atoms in total. The van der Waals surface area contributed by atoms with Gasteiger partial charge in [0.2, 0.25) is 5.88 Å². The van der Waals surface area contributed by atoms with Crippen LogP contribution in [0.5, 0.6) is 5.88 Å². The van der Waals surface area contributed by atoms with Crippen molar-refractivity contribution in [3.63, 3.8) is 0 Å². The van der Waals surface area contributed by atoms with Gasteiger partial charge in [-0.05, 0) is 24.5 Å². The second-order valence-electron chi connectivity index (χ2n) is 6.65. The molecule has 0 saturated carbocycles. The van der Waals surface area contributed by atoms with Crippen LogP contribution in [0.2, 0.25) is 0 Å². The highest BCUT2D eigenvalue weighted by Gasteiger charge is 2.31. The molecule has 1 saturated heterocycles. The van der Waals surface area contributed by atoms with E-state index in [1.165, 1.54) is 25.7 Å². The predicted octanol–water partition coefficient (Wildman–Crippen LogP) is 2.86. The van der Waals surface area contributed by atoms with E-state index in [1.807, 2.05) is 6.92 Å². The molecule has 2 aromatic heterocycles. The van der Waals surface area contributed by atoms with Crippen molar-refractivity contribution < 1.29 is 18.3 Å².